The Kier molecular flexibility index (Phi) is 4.77. The minimum absolute atomic E-state index is 0.0924. The lowest BCUT2D eigenvalue weighted by molar-refractivity contribution is -0.136. The number of ether oxygens (including phenoxy) is 1. The number of carbonyl (C=O) groups excluding carboxylic acids is 3. The van der Waals surface area contributed by atoms with E-state index in [4.69, 9.17) is 4.74 Å². The Bertz CT molecular complexity index is 811. The summed E-state index contributed by atoms with van der Waals surface area (Å²) in [6.45, 7) is 4.43. The van der Waals surface area contributed by atoms with Gasteiger partial charge >= 0.3 is 6.03 Å². The second-order valence-corrected chi connectivity index (χ2v) is 8.26. The Hall–Kier alpha value is -2.57. The first-order valence-corrected chi connectivity index (χ1v) is 10.1. The van der Waals surface area contributed by atoms with Crippen LogP contribution in [0.3, 0.4) is 0 Å². The van der Waals surface area contributed by atoms with Gasteiger partial charge in [-0.3, -0.25) is 14.5 Å². The van der Waals surface area contributed by atoms with Crippen LogP contribution in [0.2, 0.25) is 0 Å². The molecule has 7 nitrogen and oxygen atoms in total. The fourth-order valence-corrected chi connectivity index (χ4v) is 4.70. The van der Waals surface area contributed by atoms with Gasteiger partial charge in [0.1, 0.15) is 12.3 Å². The van der Waals surface area contributed by atoms with E-state index in [0.717, 1.165) is 17.7 Å². The summed E-state index contributed by atoms with van der Waals surface area (Å²) in [6, 6.07) is 6.79. The molecule has 2 fully saturated rings. The molecule has 0 aromatic heterocycles. The lowest BCUT2D eigenvalue weighted by atomic mass is 9.78. The summed E-state index contributed by atoms with van der Waals surface area (Å²) in [4.78, 5) is 39.4. The molecule has 4 amide bonds. The Labute approximate surface area is 164 Å². The molecule has 0 bridgehead atoms. The van der Waals surface area contributed by atoms with E-state index in [1.54, 1.807) is 12.1 Å². The molecule has 1 saturated heterocycles. The average Bonchev–Trinajstić information content (AvgIpc) is 2.91. The lowest BCUT2D eigenvalue weighted by Gasteiger charge is -2.35. The first-order valence-electron chi connectivity index (χ1n) is 10.1. The van der Waals surface area contributed by atoms with Crippen LogP contribution in [-0.2, 0) is 15.1 Å². The number of nitrogens with one attached hydrogen (secondary N) is 2. The molecule has 150 valence electrons. The summed E-state index contributed by atoms with van der Waals surface area (Å²) < 4.78 is 5.63. The zero-order chi connectivity index (χ0) is 19.9. The van der Waals surface area contributed by atoms with Crippen LogP contribution in [0.1, 0.15) is 45.1 Å². The van der Waals surface area contributed by atoms with E-state index in [2.05, 4.69) is 24.5 Å². The molecule has 2 aliphatic heterocycles. The number of hydrogen-bond donors (Lipinski definition) is 2. The fourth-order valence-electron chi connectivity index (χ4n) is 4.70. The van der Waals surface area contributed by atoms with Crippen LogP contribution in [0.25, 0.3) is 0 Å². The summed E-state index contributed by atoms with van der Waals surface area (Å²) in [6.07, 6.45) is 3.54. The maximum absolute atomic E-state index is 13.2. The molecule has 4 atom stereocenters. The Morgan fingerprint density at radius 1 is 1.29 bits per heavy atom. The highest BCUT2D eigenvalue weighted by atomic mass is 16.5. The summed E-state index contributed by atoms with van der Waals surface area (Å²) in [5.74, 6) is 0.867. The molecule has 0 unspecified atom stereocenters. The second-order valence-electron chi connectivity index (χ2n) is 8.26. The minimum Gasteiger partial charge on any atom is -0.493 e. The highest BCUT2D eigenvalue weighted by Gasteiger charge is 2.55. The van der Waals surface area contributed by atoms with Crippen LogP contribution in [0.5, 0.6) is 5.75 Å². The van der Waals surface area contributed by atoms with Crippen LogP contribution < -0.4 is 15.4 Å². The number of nitrogens with zero attached hydrogens (tertiary/aromatic N) is 1. The van der Waals surface area contributed by atoms with Gasteiger partial charge in [-0.1, -0.05) is 44.9 Å². The van der Waals surface area contributed by atoms with Crippen LogP contribution >= 0.6 is 0 Å². The van der Waals surface area contributed by atoms with Crippen molar-refractivity contribution in [2.24, 2.45) is 11.8 Å². The number of urea groups is 1. The standard InChI is InChI=1S/C21H27N3O4/c1-13-6-5-8-16(14(13)2)22-18(25)12-24-19(26)21(23-20(24)27)10-11-28-17-9-4-3-7-15(17)21/h3-4,7,9,13-14,16H,5-6,8,10-12H2,1-2H3,(H,22,25)(H,23,27)/t13-,14-,16+,21-/m1/s1. The molecule has 1 aromatic carbocycles. The predicted molar refractivity (Wildman–Crippen MR) is 103 cm³/mol. The normalized spacial score (nSPS) is 31.9. The van der Waals surface area contributed by atoms with Crippen LogP contribution in [0, 0.1) is 11.8 Å². The summed E-state index contributed by atoms with van der Waals surface area (Å²) in [7, 11) is 0. The van der Waals surface area contributed by atoms with Crippen LogP contribution in [0.15, 0.2) is 24.3 Å². The number of amides is 4. The zero-order valence-electron chi connectivity index (χ0n) is 16.4. The SMILES string of the molecule is C[C@@H]1[C@H](C)CCC[C@@H]1NC(=O)CN1C(=O)N[C@@]2(CCOc3ccccc32)C1=O. The van der Waals surface area contributed by atoms with Crippen molar-refractivity contribution in [1.29, 1.82) is 0 Å². The molecular formula is C21H27N3O4. The monoisotopic (exact) mass is 385 g/mol. The Balaban J connectivity index is 1.49. The first kappa shape index (κ1) is 18.8. The van der Waals surface area contributed by atoms with Gasteiger partial charge in [-0.25, -0.2) is 4.79 Å². The molecule has 3 aliphatic rings. The third kappa shape index (κ3) is 3.02. The van der Waals surface area contributed by atoms with E-state index in [0.29, 0.717) is 36.2 Å². The Morgan fingerprint density at radius 3 is 2.89 bits per heavy atom. The van der Waals surface area contributed by atoms with Gasteiger partial charge < -0.3 is 15.4 Å². The molecule has 1 aromatic rings. The largest absolute Gasteiger partial charge is 0.493 e. The van der Waals surface area contributed by atoms with Crippen molar-refractivity contribution in [3.05, 3.63) is 29.8 Å². The number of hydrogen-bond acceptors (Lipinski definition) is 4. The quantitative estimate of drug-likeness (QED) is 0.781. The molecule has 1 aliphatic carbocycles. The minimum atomic E-state index is -1.14. The van der Waals surface area contributed by atoms with Crippen LogP contribution in [-0.4, -0.2) is 41.9 Å². The molecule has 4 rings (SSSR count). The molecule has 2 heterocycles. The van der Waals surface area contributed by atoms with E-state index < -0.39 is 11.6 Å². The number of rotatable bonds is 3. The number of benzene rings is 1. The molecule has 1 saturated carbocycles. The van der Waals surface area contributed by atoms with Crippen molar-refractivity contribution < 1.29 is 19.1 Å². The van der Waals surface area contributed by atoms with E-state index in [9.17, 15) is 14.4 Å². The molecule has 7 heteroatoms. The lowest BCUT2D eigenvalue weighted by Crippen LogP contribution is -2.50. The van der Waals surface area contributed by atoms with Crippen molar-refractivity contribution in [3.63, 3.8) is 0 Å². The van der Waals surface area contributed by atoms with E-state index in [1.807, 2.05) is 12.1 Å². The van der Waals surface area contributed by atoms with Gasteiger partial charge in [-0.2, -0.15) is 0 Å². The zero-order valence-corrected chi connectivity index (χ0v) is 16.4. The Morgan fingerprint density at radius 2 is 2.07 bits per heavy atom. The van der Waals surface area contributed by atoms with Gasteiger partial charge in [0.05, 0.1) is 6.61 Å². The van der Waals surface area contributed by atoms with Crippen molar-refractivity contribution in [3.8, 4) is 5.75 Å². The highest BCUT2D eigenvalue weighted by molar-refractivity contribution is 6.09. The van der Waals surface area contributed by atoms with Crippen molar-refractivity contribution in [2.75, 3.05) is 13.2 Å². The van der Waals surface area contributed by atoms with E-state index in [-0.39, 0.29) is 24.4 Å². The molecule has 28 heavy (non-hydrogen) atoms. The predicted octanol–water partition coefficient (Wildman–Crippen LogP) is 2.16. The van der Waals surface area contributed by atoms with Gasteiger partial charge in [-0.15, -0.1) is 0 Å². The molecular weight excluding hydrogens is 358 g/mol. The van der Waals surface area contributed by atoms with Gasteiger partial charge in [-0.05, 0) is 24.3 Å². The fraction of sp³-hybridized carbons (Fsp3) is 0.571. The number of imide groups is 1. The van der Waals surface area contributed by atoms with Crippen molar-refractivity contribution >= 4 is 17.8 Å². The molecule has 2 N–H and O–H groups in total. The van der Waals surface area contributed by atoms with Gasteiger partial charge in [0, 0.05) is 18.0 Å². The van der Waals surface area contributed by atoms with Gasteiger partial charge in [0.15, 0.2) is 5.54 Å². The smallest absolute Gasteiger partial charge is 0.325 e. The van der Waals surface area contributed by atoms with E-state index >= 15 is 0 Å². The highest BCUT2D eigenvalue weighted by Crippen LogP contribution is 2.40. The van der Waals surface area contributed by atoms with Gasteiger partial charge in [0.2, 0.25) is 5.91 Å². The van der Waals surface area contributed by atoms with Crippen LogP contribution in [0.4, 0.5) is 4.79 Å². The maximum atomic E-state index is 13.2. The summed E-state index contributed by atoms with van der Waals surface area (Å²) in [5, 5.41) is 5.87. The first-order chi connectivity index (χ1) is 13.4. The summed E-state index contributed by atoms with van der Waals surface area (Å²) >= 11 is 0. The topological polar surface area (TPSA) is 87.7 Å². The number of carbonyl (C=O) groups is 3. The maximum Gasteiger partial charge on any atom is 0.325 e. The number of para-hydroxylation sites is 1. The third-order valence-electron chi connectivity index (χ3n) is 6.61. The molecule has 1 spiro atoms. The van der Waals surface area contributed by atoms with Crippen molar-refractivity contribution in [2.45, 2.75) is 51.1 Å². The third-order valence-corrected chi connectivity index (χ3v) is 6.61. The average molecular weight is 385 g/mol. The van der Waals surface area contributed by atoms with E-state index in [1.165, 1.54) is 6.42 Å². The van der Waals surface area contributed by atoms with Crippen molar-refractivity contribution in [1.82, 2.24) is 15.5 Å². The number of fused-ring (bicyclic) bond motifs is 2. The molecule has 0 radical (unpaired) electrons. The second kappa shape index (κ2) is 7.11. The van der Waals surface area contributed by atoms with Gasteiger partial charge in [0.25, 0.3) is 5.91 Å². The summed E-state index contributed by atoms with van der Waals surface area (Å²) in [5.41, 5.74) is -0.490.